The maximum atomic E-state index is 11.5. The van der Waals surface area contributed by atoms with Crippen molar-refractivity contribution in [2.24, 2.45) is 0 Å². The fourth-order valence-corrected chi connectivity index (χ4v) is 1.30. The fourth-order valence-electron chi connectivity index (χ4n) is 1.30. The summed E-state index contributed by atoms with van der Waals surface area (Å²) in [6, 6.07) is 0. The maximum absolute atomic E-state index is 11.5. The van der Waals surface area contributed by atoms with Crippen molar-refractivity contribution in [2.45, 2.75) is 13.8 Å². The highest BCUT2D eigenvalue weighted by atomic mass is 16.5. The maximum Gasteiger partial charge on any atom is 0.357 e. The molecule has 82 valence electrons. The lowest BCUT2D eigenvalue weighted by Crippen LogP contribution is -2.17. The van der Waals surface area contributed by atoms with Gasteiger partial charge in [0.15, 0.2) is 5.69 Å². The van der Waals surface area contributed by atoms with Gasteiger partial charge in [0, 0.05) is 19.7 Å². The smallest absolute Gasteiger partial charge is 0.357 e. The van der Waals surface area contributed by atoms with Crippen molar-refractivity contribution in [2.75, 3.05) is 25.6 Å². The van der Waals surface area contributed by atoms with Crippen LogP contribution in [0.25, 0.3) is 0 Å². The monoisotopic (exact) mass is 209 g/mol. The molecule has 1 aromatic heterocycles. The molecule has 5 heteroatoms. The summed E-state index contributed by atoms with van der Waals surface area (Å²) >= 11 is 0. The van der Waals surface area contributed by atoms with Gasteiger partial charge in [0.2, 0.25) is 0 Å². The Bertz CT molecular complexity index is 364. The molecule has 1 rings (SSSR count). The number of carbonyl (C=O) groups excluding carboxylic acids is 1. The van der Waals surface area contributed by atoms with Gasteiger partial charge in [0.05, 0.1) is 6.61 Å². The number of aromatic nitrogens is 2. The first kappa shape index (κ1) is 11.4. The number of ether oxygens (including phenoxy) is 1. The van der Waals surface area contributed by atoms with E-state index >= 15 is 0 Å². The molecule has 0 fully saturated rings. The molecule has 0 saturated heterocycles. The highest BCUT2D eigenvalue weighted by Gasteiger charge is 2.15. The molecule has 0 N–H and O–H groups in total. The summed E-state index contributed by atoms with van der Waals surface area (Å²) in [5.41, 5.74) is 1.07. The van der Waals surface area contributed by atoms with Crippen LogP contribution in [0, 0.1) is 6.92 Å². The van der Waals surface area contributed by atoms with E-state index in [1.54, 1.807) is 6.92 Å². The summed E-state index contributed by atoms with van der Waals surface area (Å²) in [5, 5.41) is 0. The number of nitrogens with zero attached hydrogens (tertiary/aromatic N) is 3. The van der Waals surface area contributed by atoms with E-state index in [0.29, 0.717) is 12.3 Å². The number of hydrogen-bond acceptors (Lipinski definition) is 5. The van der Waals surface area contributed by atoms with E-state index in [0.717, 1.165) is 11.4 Å². The molecule has 0 aromatic carbocycles. The van der Waals surface area contributed by atoms with Gasteiger partial charge in [-0.1, -0.05) is 0 Å². The summed E-state index contributed by atoms with van der Waals surface area (Å²) in [7, 11) is 3.73. The van der Waals surface area contributed by atoms with Crippen LogP contribution < -0.4 is 4.90 Å². The van der Waals surface area contributed by atoms with E-state index in [9.17, 15) is 4.79 Å². The quantitative estimate of drug-likeness (QED) is 0.696. The minimum atomic E-state index is -0.402. The van der Waals surface area contributed by atoms with Gasteiger partial charge in [0.25, 0.3) is 0 Å². The Balaban J connectivity index is 3.09. The third kappa shape index (κ3) is 2.43. The molecule has 0 bridgehead atoms. The van der Waals surface area contributed by atoms with Gasteiger partial charge in [0.1, 0.15) is 12.1 Å². The van der Waals surface area contributed by atoms with Crippen molar-refractivity contribution in [3.05, 3.63) is 17.6 Å². The predicted molar refractivity (Wildman–Crippen MR) is 57.1 cm³/mol. The molecule has 0 aliphatic rings. The average Bonchev–Trinajstić information content (AvgIpc) is 2.17. The lowest BCUT2D eigenvalue weighted by Gasteiger charge is -2.14. The van der Waals surface area contributed by atoms with Crippen molar-refractivity contribution in [3.63, 3.8) is 0 Å². The molecule has 0 aliphatic carbocycles. The number of rotatable bonds is 3. The first-order valence-electron chi connectivity index (χ1n) is 4.74. The standard InChI is InChI=1S/C10H15N3O2/c1-5-15-10(14)8-7(2)9(13(3)4)12-6-11-8/h6H,5H2,1-4H3. The zero-order chi connectivity index (χ0) is 11.4. The second kappa shape index (κ2) is 4.72. The van der Waals surface area contributed by atoms with Gasteiger partial charge in [-0.2, -0.15) is 0 Å². The summed E-state index contributed by atoms with van der Waals surface area (Å²) in [6.07, 6.45) is 1.37. The summed E-state index contributed by atoms with van der Waals surface area (Å²) < 4.78 is 4.90. The van der Waals surface area contributed by atoms with Crippen LogP contribution in [0.5, 0.6) is 0 Å². The Kier molecular flexibility index (Phi) is 3.60. The van der Waals surface area contributed by atoms with Crippen LogP contribution in [0.1, 0.15) is 23.0 Å². The van der Waals surface area contributed by atoms with E-state index in [2.05, 4.69) is 9.97 Å². The Hall–Kier alpha value is -1.65. The summed E-state index contributed by atoms with van der Waals surface area (Å²) in [4.78, 5) is 21.4. The molecular formula is C10H15N3O2. The van der Waals surface area contributed by atoms with Crippen molar-refractivity contribution in [1.82, 2.24) is 9.97 Å². The van der Waals surface area contributed by atoms with Gasteiger partial charge in [-0.3, -0.25) is 0 Å². The first-order chi connectivity index (χ1) is 7.07. The Morgan fingerprint density at radius 3 is 2.67 bits per heavy atom. The zero-order valence-corrected chi connectivity index (χ0v) is 9.44. The molecule has 0 aliphatic heterocycles. The van der Waals surface area contributed by atoms with Crippen LogP contribution in [-0.2, 0) is 4.74 Å². The molecular weight excluding hydrogens is 194 g/mol. The third-order valence-electron chi connectivity index (χ3n) is 1.95. The lowest BCUT2D eigenvalue weighted by molar-refractivity contribution is 0.0518. The van der Waals surface area contributed by atoms with Crippen molar-refractivity contribution < 1.29 is 9.53 Å². The normalized spacial score (nSPS) is 9.87. The predicted octanol–water partition coefficient (Wildman–Crippen LogP) is 1.03. The molecule has 1 aromatic rings. The Morgan fingerprint density at radius 2 is 2.13 bits per heavy atom. The first-order valence-corrected chi connectivity index (χ1v) is 4.74. The lowest BCUT2D eigenvalue weighted by atomic mass is 10.2. The van der Waals surface area contributed by atoms with E-state index in [4.69, 9.17) is 4.74 Å². The Labute approximate surface area is 89.1 Å². The van der Waals surface area contributed by atoms with Gasteiger partial charge >= 0.3 is 5.97 Å². The highest BCUT2D eigenvalue weighted by Crippen LogP contribution is 2.16. The molecule has 1 heterocycles. The van der Waals surface area contributed by atoms with E-state index in [1.807, 2.05) is 25.9 Å². The summed E-state index contributed by atoms with van der Waals surface area (Å²) in [6.45, 7) is 3.92. The van der Waals surface area contributed by atoms with Crippen molar-refractivity contribution >= 4 is 11.8 Å². The van der Waals surface area contributed by atoms with Gasteiger partial charge in [-0.25, -0.2) is 14.8 Å². The zero-order valence-electron chi connectivity index (χ0n) is 9.44. The minimum Gasteiger partial charge on any atom is -0.461 e. The Morgan fingerprint density at radius 1 is 1.47 bits per heavy atom. The van der Waals surface area contributed by atoms with Crippen LogP contribution in [0.2, 0.25) is 0 Å². The van der Waals surface area contributed by atoms with Crippen LogP contribution in [-0.4, -0.2) is 36.6 Å². The topological polar surface area (TPSA) is 55.3 Å². The van der Waals surface area contributed by atoms with E-state index in [1.165, 1.54) is 6.33 Å². The van der Waals surface area contributed by atoms with Crippen LogP contribution in [0.3, 0.4) is 0 Å². The van der Waals surface area contributed by atoms with Crippen LogP contribution in [0.4, 0.5) is 5.82 Å². The molecule has 0 spiro atoms. The van der Waals surface area contributed by atoms with E-state index < -0.39 is 5.97 Å². The molecule has 0 radical (unpaired) electrons. The number of hydrogen-bond donors (Lipinski definition) is 0. The van der Waals surface area contributed by atoms with E-state index in [-0.39, 0.29) is 0 Å². The molecule has 0 amide bonds. The van der Waals surface area contributed by atoms with Crippen molar-refractivity contribution in [3.8, 4) is 0 Å². The molecule has 5 nitrogen and oxygen atoms in total. The van der Waals surface area contributed by atoms with Gasteiger partial charge in [-0.05, 0) is 13.8 Å². The number of carbonyl (C=O) groups is 1. The largest absolute Gasteiger partial charge is 0.461 e. The second-order valence-corrected chi connectivity index (χ2v) is 3.29. The number of esters is 1. The number of anilines is 1. The van der Waals surface area contributed by atoms with Crippen LogP contribution >= 0.6 is 0 Å². The summed E-state index contributed by atoms with van der Waals surface area (Å²) in [5.74, 6) is 0.327. The molecule has 0 atom stereocenters. The molecule has 15 heavy (non-hydrogen) atoms. The molecule has 0 saturated carbocycles. The minimum absolute atomic E-state index is 0.329. The van der Waals surface area contributed by atoms with Gasteiger partial charge < -0.3 is 9.64 Å². The average molecular weight is 209 g/mol. The highest BCUT2D eigenvalue weighted by molar-refractivity contribution is 5.90. The van der Waals surface area contributed by atoms with Gasteiger partial charge in [-0.15, -0.1) is 0 Å². The SMILES string of the molecule is CCOC(=O)c1ncnc(N(C)C)c1C. The molecule has 0 unspecified atom stereocenters. The fraction of sp³-hybridized carbons (Fsp3) is 0.500. The van der Waals surface area contributed by atoms with Crippen molar-refractivity contribution in [1.29, 1.82) is 0 Å². The third-order valence-corrected chi connectivity index (χ3v) is 1.95. The van der Waals surface area contributed by atoms with Crippen LogP contribution in [0.15, 0.2) is 6.33 Å². The second-order valence-electron chi connectivity index (χ2n) is 3.29.